The van der Waals surface area contributed by atoms with Crippen LogP contribution in [0.1, 0.15) is 51.9 Å². The molecule has 0 aromatic carbocycles. The van der Waals surface area contributed by atoms with Crippen LogP contribution in [0.25, 0.3) is 0 Å². The molecule has 1 aliphatic carbocycles. The summed E-state index contributed by atoms with van der Waals surface area (Å²) in [5.74, 6) is 1.00. The normalized spacial score (nSPS) is 21.8. The highest BCUT2D eigenvalue weighted by Crippen LogP contribution is 2.25. The molecule has 1 atom stereocenters. The van der Waals surface area contributed by atoms with Crippen LogP contribution in [-0.4, -0.2) is 49.4 Å². The maximum atomic E-state index is 12.5. The average molecular weight is 309 g/mol. The molecule has 2 fully saturated rings. The minimum atomic E-state index is -0.387. The third-order valence-electron chi connectivity index (χ3n) is 5.18. The maximum absolute atomic E-state index is 12.5. The Morgan fingerprint density at radius 2 is 1.77 bits per heavy atom. The van der Waals surface area contributed by atoms with Gasteiger partial charge in [0.2, 0.25) is 11.8 Å². The van der Waals surface area contributed by atoms with E-state index in [1.165, 1.54) is 6.42 Å². The zero-order valence-electron chi connectivity index (χ0n) is 14.1. The van der Waals surface area contributed by atoms with Crippen molar-refractivity contribution < 1.29 is 9.59 Å². The summed E-state index contributed by atoms with van der Waals surface area (Å²) in [6.07, 6.45) is 7.58. The predicted octanol–water partition coefficient (Wildman–Crippen LogP) is 1.53. The topological polar surface area (TPSA) is 61.4 Å². The molecule has 2 N–H and O–H groups in total. The van der Waals surface area contributed by atoms with Crippen molar-refractivity contribution in [3.63, 3.8) is 0 Å². The van der Waals surface area contributed by atoms with Gasteiger partial charge in [-0.15, -0.1) is 0 Å². The molecule has 0 aromatic heterocycles. The van der Waals surface area contributed by atoms with E-state index in [1.54, 1.807) is 0 Å². The largest absolute Gasteiger partial charge is 0.344 e. The third kappa shape index (κ3) is 4.70. The van der Waals surface area contributed by atoms with Crippen LogP contribution in [0.15, 0.2) is 0 Å². The summed E-state index contributed by atoms with van der Waals surface area (Å²) in [4.78, 5) is 26.5. The quantitative estimate of drug-likeness (QED) is 0.782. The molecule has 1 saturated heterocycles. The summed E-state index contributed by atoms with van der Waals surface area (Å²) in [5, 5.41) is 6.11. The first-order valence-electron chi connectivity index (χ1n) is 8.85. The summed E-state index contributed by atoms with van der Waals surface area (Å²) < 4.78 is 0. The van der Waals surface area contributed by atoms with Gasteiger partial charge in [0, 0.05) is 19.0 Å². The van der Waals surface area contributed by atoms with Crippen LogP contribution in [0, 0.1) is 11.8 Å². The number of hydrogen-bond donors (Lipinski definition) is 2. The number of nitrogens with zero attached hydrogens (tertiary/aromatic N) is 1. The highest BCUT2D eigenvalue weighted by Gasteiger charge is 2.29. The first kappa shape index (κ1) is 17.3. The summed E-state index contributed by atoms with van der Waals surface area (Å²) in [6, 6.07) is -0.387. The third-order valence-corrected chi connectivity index (χ3v) is 5.18. The van der Waals surface area contributed by atoms with Crippen LogP contribution in [0.3, 0.4) is 0 Å². The molecule has 2 aliphatic rings. The van der Waals surface area contributed by atoms with Gasteiger partial charge < -0.3 is 15.5 Å². The predicted molar refractivity (Wildman–Crippen MR) is 87.4 cm³/mol. The first-order chi connectivity index (χ1) is 10.6. The van der Waals surface area contributed by atoms with E-state index in [9.17, 15) is 9.59 Å². The second-order valence-electron chi connectivity index (χ2n) is 6.87. The molecule has 1 heterocycles. The van der Waals surface area contributed by atoms with Gasteiger partial charge in [-0.3, -0.25) is 9.59 Å². The SMILES string of the molecule is CNCCC1CCN(C(=O)C(C)NC(=O)C2CCCC2)CC1. The van der Waals surface area contributed by atoms with Gasteiger partial charge in [0.25, 0.3) is 0 Å². The van der Waals surface area contributed by atoms with Gasteiger partial charge in [-0.1, -0.05) is 12.8 Å². The average Bonchev–Trinajstić information content (AvgIpc) is 3.07. The van der Waals surface area contributed by atoms with Gasteiger partial charge >= 0.3 is 0 Å². The molecule has 2 rings (SSSR count). The highest BCUT2D eigenvalue weighted by atomic mass is 16.2. The molecular formula is C17H31N3O2. The molecule has 0 radical (unpaired) electrons. The van der Waals surface area contributed by atoms with Crippen molar-refractivity contribution >= 4 is 11.8 Å². The van der Waals surface area contributed by atoms with Gasteiger partial charge in [-0.05, 0) is 58.5 Å². The van der Waals surface area contributed by atoms with Gasteiger partial charge in [0.15, 0.2) is 0 Å². The minimum Gasteiger partial charge on any atom is -0.344 e. The van der Waals surface area contributed by atoms with Gasteiger partial charge in [-0.25, -0.2) is 0 Å². The van der Waals surface area contributed by atoms with E-state index in [2.05, 4.69) is 10.6 Å². The molecule has 2 amide bonds. The fourth-order valence-corrected chi connectivity index (χ4v) is 3.65. The fraction of sp³-hybridized carbons (Fsp3) is 0.882. The number of amides is 2. The van der Waals surface area contributed by atoms with E-state index >= 15 is 0 Å². The molecule has 22 heavy (non-hydrogen) atoms. The molecule has 5 heteroatoms. The smallest absolute Gasteiger partial charge is 0.244 e. The Bertz CT molecular complexity index is 372. The molecule has 0 bridgehead atoms. The summed E-state index contributed by atoms with van der Waals surface area (Å²) in [5.41, 5.74) is 0. The van der Waals surface area contributed by atoms with Crippen LogP contribution in [-0.2, 0) is 9.59 Å². The van der Waals surface area contributed by atoms with Crippen molar-refractivity contribution in [3.05, 3.63) is 0 Å². The van der Waals surface area contributed by atoms with Gasteiger partial charge in [-0.2, -0.15) is 0 Å². The molecule has 1 aliphatic heterocycles. The first-order valence-corrected chi connectivity index (χ1v) is 8.85. The van der Waals surface area contributed by atoms with Gasteiger partial charge in [0.1, 0.15) is 6.04 Å². The summed E-state index contributed by atoms with van der Waals surface area (Å²) in [6.45, 7) is 4.53. The molecule has 1 unspecified atom stereocenters. The number of carbonyl (C=O) groups is 2. The van der Waals surface area contributed by atoms with E-state index < -0.39 is 0 Å². The molecule has 1 saturated carbocycles. The second kappa shape index (κ2) is 8.51. The van der Waals surface area contributed by atoms with E-state index in [4.69, 9.17) is 0 Å². The van der Waals surface area contributed by atoms with Crippen molar-refractivity contribution in [2.75, 3.05) is 26.7 Å². The van der Waals surface area contributed by atoms with Crippen LogP contribution in [0.2, 0.25) is 0 Å². The van der Waals surface area contributed by atoms with E-state index in [0.717, 1.165) is 64.1 Å². The lowest BCUT2D eigenvalue weighted by Crippen LogP contribution is -2.50. The van der Waals surface area contributed by atoms with Crippen molar-refractivity contribution in [1.82, 2.24) is 15.5 Å². The Morgan fingerprint density at radius 1 is 1.14 bits per heavy atom. The lowest BCUT2D eigenvalue weighted by atomic mass is 9.93. The monoisotopic (exact) mass is 309 g/mol. The van der Waals surface area contributed by atoms with Crippen molar-refractivity contribution in [2.45, 2.75) is 57.9 Å². The Kier molecular flexibility index (Phi) is 6.68. The maximum Gasteiger partial charge on any atom is 0.244 e. The number of carbonyl (C=O) groups excluding carboxylic acids is 2. The Labute approximate surface area is 134 Å². The standard InChI is InChI=1S/C17H31N3O2/c1-13(19-16(21)15-5-3-4-6-15)17(22)20-11-8-14(9-12-20)7-10-18-2/h13-15,18H,3-12H2,1-2H3,(H,19,21). The number of piperidine rings is 1. The van der Waals surface area contributed by atoms with Crippen LogP contribution in [0.5, 0.6) is 0 Å². The second-order valence-corrected chi connectivity index (χ2v) is 6.87. The van der Waals surface area contributed by atoms with Crippen LogP contribution >= 0.6 is 0 Å². The number of likely N-dealkylation sites (tertiary alicyclic amines) is 1. The molecular weight excluding hydrogens is 278 g/mol. The van der Waals surface area contributed by atoms with Crippen LogP contribution < -0.4 is 10.6 Å². The fourth-order valence-electron chi connectivity index (χ4n) is 3.65. The van der Waals surface area contributed by atoms with Gasteiger partial charge in [0.05, 0.1) is 0 Å². The zero-order chi connectivity index (χ0) is 15.9. The van der Waals surface area contributed by atoms with Crippen molar-refractivity contribution in [3.8, 4) is 0 Å². The number of hydrogen-bond acceptors (Lipinski definition) is 3. The van der Waals surface area contributed by atoms with E-state index in [0.29, 0.717) is 0 Å². The molecule has 0 aromatic rings. The number of rotatable bonds is 6. The summed E-state index contributed by atoms with van der Waals surface area (Å²) >= 11 is 0. The lowest BCUT2D eigenvalue weighted by molar-refractivity contribution is -0.138. The minimum absolute atomic E-state index is 0.0715. The Morgan fingerprint density at radius 3 is 2.36 bits per heavy atom. The zero-order valence-corrected chi connectivity index (χ0v) is 14.1. The van der Waals surface area contributed by atoms with E-state index in [-0.39, 0.29) is 23.8 Å². The molecule has 0 spiro atoms. The highest BCUT2D eigenvalue weighted by molar-refractivity contribution is 5.88. The van der Waals surface area contributed by atoms with Crippen molar-refractivity contribution in [1.29, 1.82) is 0 Å². The van der Waals surface area contributed by atoms with E-state index in [1.807, 2.05) is 18.9 Å². The van der Waals surface area contributed by atoms with Crippen LogP contribution in [0.4, 0.5) is 0 Å². The Hall–Kier alpha value is -1.10. The lowest BCUT2D eigenvalue weighted by Gasteiger charge is -2.34. The number of nitrogens with one attached hydrogen (secondary N) is 2. The molecule has 5 nitrogen and oxygen atoms in total. The Balaban J connectivity index is 1.73. The summed E-state index contributed by atoms with van der Waals surface area (Å²) in [7, 11) is 1.98. The molecule has 126 valence electrons. The van der Waals surface area contributed by atoms with Crippen molar-refractivity contribution in [2.24, 2.45) is 11.8 Å².